The van der Waals surface area contributed by atoms with E-state index < -0.39 is 0 Å². The van der Waals surface area contributed by atoms with Gasteiger partial charge in [-0.3, -0.25) is 4.99 Å². The van der Waals surface area contributed by atoms with Crippen LogP contribution < -0.4 is 11.1 Å². The average Bonchev–Trinajstić information content (AvgIpc) is 2.03. The van der Waals surface area contributed by atoms with E-state index in [9.17, 15) is 0 Å². The molecule has 66 valence electrons. The zero-order valence-corrected chi connectivity index (χ0v) is 8.11. The highest BCUT2D eigenvalue weighted by Gasteiger charge is 2.13. The molecular weight excluding hydrogens is 170 g/mol. The molecule has 0 aromatic rings. The van der Waals surface area contributed by atoms with Gasteiger partial charge in [0, 0.05) is 11.6 Å². The minimum absolute atomic E-state index is 0.116. The van der Waals surface area contributed by atoms with E-state index in [2.05, 4.69) is 10.3 Å². The molecule has 12 heavy (non-hydrogen) atoms. The Kier molecular flexibility index (Phi) is 2.81. The quantitative estimate of drug-likeness (QED) is 0.623. The van der Waals surface area contributed by atoms with Gasteiger partial charge in [0.1, 0.15) is 0 Å². The molecular formula is C8H13N3S. The van der Waals surface area contributed by atoms with E-state index in [1.54, 1.807) is 0 Å². The van der Waals surface area contributed by atoms with Crippen LogP contribution in [0.4, 0.5) is 0 Å². The molecule has 1 rings (SSSR count). The van der Waals surface area contributed by atoms with E-state index >= 15 is 0 Å². The third kappa shape index (κ3) is 2.04. The summed E-state index contributed by atoms with van der Waals surface area (Å²) in [4.78, 5) is 4.68. The molecule has 0 aromatic carbocycles. The fourth-order valence-corrected chi connectivity index (χ4v) is 1.15. The van der Waals surface area contributed by atoms with E-state index in [1.807, 2.05) is 19.9 Å². The Labute approximate surface area is 77.7 Å². The van der Waals surface area contributed by atoms with E-state index in [0.29, 0.717) is 4.99 Å². The molecule has 1 heterocycles. The number of nitrogens with zero attached hydrogens (tertiary/aromatic N) is 1. The van der Waals surface area contributed by atoms with Crippen molar-refractivity contribution in [2.45, 2.75) is 13.8 Å². The Balaban J connectivity index is 2.65. The number of amidine groups is 1. The van der Waals surface area contributed by atoms with Crippen LogP contribution in [0.1, 0.15) is 13.8 Å². The van der Waals surface area contributed by atoms with Crippen molar-refractivity contribution in [1.29, 1.82) is 0 Å². The van der Waals surface area contributed by atoms with E-state index in [0.717, 1.165) is 18.1 Å². The minimum Gasteiger partial charge on any atom is -0.393 e. The second-order valence-electron chi connectivity index (χ2n) is 2.83. The molecule has 0 radical (unpaired) electrons. The summed E-state index contributed by atoms with van der Waals surface area (Å²) in [5, 5.41) is 3.14. The summed E-state index contributed by atoms with van der Waals surface area (Å²) >= 11 is 4.89. The second-order valence-corrected chi connectivity index (χ2v) is 3.31. The number of thiocarbonyl (C=S) groups is 1. The number of hydrogen-bond donors (Lipinski definition) is 2. The summed E-state index contributed by atoms with van der Waals surface area (Å²) in [5.74, 6) is 1.04. The van der Waals surface area contributed by atoms with Crippen molar-refractivity contribution >= 4 is 23.0 Å². The number of hydrogen-bond acceptors (Lipinski definition) is 3. The summed E-state index contributed by atoms with van der Waals surface area (Å²) < 4.78 is 0. The standard InChI is InChI=1S/C8H13N3S/c1-5(8(9)12)7-3-4-10-6(2)11-7/h3,5H,4H2,1-2H3,(H2,9,12)(H,10,11). The molecule has 0 saturated carbocycles. The molecule has 1 aliphatic rings. The molecule has 0 spiro atoms. The molecule has 0 fully saturated rings. The van der Waals surface area contributed by atoms with Gasteiger partial charge in [-0.15, -0.1) is 0 Å². The second kappa shape index (κ2) is 3.67. The highest BCUT2D eigenvalue weighted by molar-refractivity contribution is 7.80. The molecule has 0 bridgehead atoms. The lowest BCUT2D eigenvalue weighted by Crippen LogP contribution is -2.32. The number of nitrogens with two attached hydrogens (primary N) is 1. The van der Waals surface area contributed by atoms with Gasteiger partial charge >= 0.3 is 0 Å². The van der Waals surface area contributed by atoms with Gasteiger partial charge in [-0.1, -0.05) is 19.1 Å². The van der Waals surface area contributed by atoms with Crippen LogP contribution in [0, 0.1) is 5.92 Å². The summed E-state index contributed by atoms with van der Waals surface area (Å²) in [5.41, 5.74) is 6.59. The van der Waals surface area contributed by atoms with Crippen molar-refractivity contribution < 1.29 is 0 Å². The topological polar surface area (TPSA) is 50.4 Å². The van der Waals surface area contributed by atoms with Crippen molar-refractivity contribution in [3.05, 3.63) is 11.8 Å². The van der Waals surface area contributed by atoms with E-state index in [-0.39, 0.29) is 5.92 Å². The van der Waals surface area contributed by atoms with Crippen LogP contribution >= 0.6 is 12.2 Å². The first kappa shape index (κ1) is 9.19. The molecule has 4 heteroatoms. The monoisotopic (exact) mass is 183 g/mol. The predicted octanol–water partition coefficient (Wildman–Crippen LogP) is 0.814. The third-order valence-corrected chi connectivity index (χ3v) is 2.21. The molecule has 3 nitrogen and oxygen atoms in total. The summed E-state index contributed by atoms with van der Waals surface area (Å²) in [6.45, 7) is 4.64. The minimum atomic E-state index is 0.116. The van der Waals surface area contributed by atoms with Crippen molar-refractivity contribution in [1.82, 2.24) is 5.32 Å². The fraction of sp³-hybridized carbons (Fsp3) is 0.500. The third-order valence-electron chi connectivity index (χ3n) is 1.86. The predicted molar refractivity (Wildman–Crippen MR) is 55.1 cm³/mol. The van der Waals surface area contributed by atoms with Gasteiger partial charge in [0.2, 0.25) is 0 Å². The highest BCUT2D eigenvalue weighted by Crippen LogP contribution is 2.09. The lowest BCUT2D eigenvalue weighted by Gasteiger charge is -2.19. The van der Waals surface area contributed by atoms with Crippen LogP contribution in [0.5, 0.6) is 0 Å². The molecule has 0 amide bonds. The summed E-state index contributed by atoms with van der Waals surface area (Å²) in [7, 11) is 0. The van der Waals surface area contributed by atoms with Crippen molar-refractivity contribution in [3.63, 3.8) is 0 Å². The summed E-state index contributed by atoms with van der Waals surface area (Å²) in [6.07, 6.45) is 2.01. The first-order chi connectivity index (χ1) is 5.61. The molecule has 0 saturated heterocycles. The Morgan fingerprint density at radius 3 is 3.00 bits per heavy atom. The van der Waals surface area contributed by atoms with Gasteiger partial charge in [-0.05, 0) is 13.0 Å². The molecule has 0 aliphatic carbocycles. The number of nitrogens with one attached hydrogen (secondary N) is 1. The fourth-order valence-electron chi connectivity index (χ4n) is 1.02. The van der Waals surface area contributed by atoms with Crippen LogP contribution in [0.25, 0.3) is 0 Å². The molecule has 1 atom stereocenters. The van der Waals surface area contributed by atoms with Crippen molar-refractivity contribution in [2.75, 3.05) is 6.54 Å². The Morgan fingerprint density at radius 1 is 1.83 bits per heavy atom. The van der Waals surface area contributed by atoms with Crippen molar-refractivity contribution in [3.8, 4) is 0 Å². The zero-order valence-electron chi connectivity index (χ0n) is 7.29. The lowest BCUT2D eigenvalue weighted by atomic mass is 10.1. The number of rotatable bonds is 2. The van der Waals surface area contributed by atoms with Crippen LogP contribution in [0.2, 0.25) is 0 Å². The first-order valence-electron chi connectivity index (χ1n) is 3.88. The van der Waals surface area contributed by atoms with Crippen LogP contribution in [0.3, 0.4) is 0 Å². The normalized spacial score (nSPS) is 18.8. The maximum absolute atomic E-state index is 5.52. The van der Waals surface area contributed by atoms with Crippen LogP contribution in [-0.4, -0.2) is 17.4 Å². The van der Waals surface area contributed by atoms with Gasteiger partial charge in [-0.25, -0.2) is 0 Å². The van der Waals surface area contributed by atoms with Gasteiger partial charge in [0.05, 0.1) is 17.4 Å². The maximum atomic E-state index is 5.52. The van der Waals surface area contributed by atoms with Crippen molar-refractivity contribution in [2.24, 2.45) is 16.6 Å². The first-order valence-corrected chi connectivity index (χ1v) is 4.29. The summed E-state index contributed by atoms with van der Waals surface area (Å²) in [6, 6.07) is 0. The Hall–Kier alpha value is -0.900. The molecule has 0 aromatic heterocycles. The average molecular weight is 183 g/mol. The van der Waals surface area contributed by atoms with E-state index in [4.69, 9.17) is 18.0 Å². The van der Waals surface area contributed by atoms with Gasteiger partial charge < -0.3 is 11.1 Å². The zero-order chi connectivity index (χ0) is 9.14. The maximum Gasteiger partial charge on any atom is 0.0977 e. The van der Waals surface area contributed by atoms with Gasteiger partial charge in [-0.2, -0.15) is 0 Å². The van der Waals surface area contributed by atoms with Crippen LogP contribution in [-0.2, 0) is 0 Å². The highest BCUT2D eigenvalue weighted by atomic mass is 32.1. The van der Waals surface area contributed by atoms with E-state index in [1.165, 1.54) is 0 Å². The lowest BCUT2D eigenvalue weighted by molar-refractivity contribution is 0.821. The van der Waals surface area contributed by atoms with Gasteiger partial charge in [0.15, 0.2) is 0 Å². The Morgan fingerprint density at radius 2 is 2.50 bits per heavy atom. The van der Waals surface area contributed by atoms with Gasteiger partial charge in [0.25, 0.3) is 0 Å². The largest absolute Gasteiger partial charge is 0.393 e. The number of aliphatic imine (C=N–C) groups is 1. The van der Waals surface area contributed by atoms with Crippen LogP contribution in [0.15, 0.2) is 16.8 Å². The molecule has 3 N–H and O–H groups in total. The molecule has 1 aliphatic heterocycles. The smallest absolute Gasteiger partial charge is 0.0977 e. The molecule has 1 unspecified atom stereocenters. The SMILES string of the molecule is CC1=NCC=C(C(C)C(N)=S)N1. The Bertz CT molecular complexity index is 255.